The highest BCUT2D eigenvalue weighted by Gasteiger charge is 2.37. The Balaban J connectivity index is 6.71. The van der Waals surface area contributed by atoms with E-state index in [0.717, 1.165) is 6.92 Å². The monoisotopic (exact) mass is 1050 g/mol. The van der Waals surface area contributed by atoms with E-state index in [1.165, 1.54) is 30.4 Å². The molecule has 406 valence electrons. The molecule has 0 saturated carbocycles. The van der Waals surface area contributed by atoms with Gasteiger partial charge in [-0.3, -0.25) is 47.9 Å². The largest absolute Gasteiger partial charge is 0.481 e. The fourth-order valence-corrected chi connectivity index (χ4v) is 7.61. The smallest absolute Gasteiger partial charge is 0.326 e. The summed E-state index contributed by atoms with van der Waals surface area (Å²) in [6.07, 6.45) is 1.39. The van der Waals surface area contributed by atoms with Crippen LogP contribution in [0.5, 0.6) is 0 Å². The first-order valence-electron chi connectivity index (χ1n) is 23.5. The molecule has 0 saturated heterocycles. The van der Waals surface area contributed by atoms with Gasteiger partial charge < -0.3 is 75.1 Å². The molecule has 0 spiro atoms. The molecule has 0 aromatic carbocycles. The van der Waals surface area contributed by atoms with Crippen LogP contribution < -0.4 is 59.7 Å². The third kappa shape index (κ3) is 26.1. The summed E-state index contributed by atoms with van der Waals surface area (Å²) in [5.41, 5.74) is 16.8. The topological polar surface area (TPSA) is 423 Å². The molecule has 0 unspecified atom stereocenters. The Bertz CT molecular complexity index is 1790. The zero-order chi connectivity index (χ0) is 54.5. The molecular weight excluding hydrogens is 971 g/mol. The molecule has 0 heterocycles. The fourth-order valence-electron chi connectivity index (χ4n) is 6.66. The highest BCUT2D eigenvalue weighted by atomic mass is 32.2. The number of amides is 9. The molecule has 27 heteroatoms. The Morgan fingerprint density at radius 3 is 1.34 bits per heavy atom. The number of hydrogen-bond donors (Lipinski definition) is 14. The van der Waals surface area contributed by atoms with Crippen LogP contribution >= 0.6 is 23.5 Å². The molecule has 25 nitrogen and oxygen atoms in total. The number of aliphatic hydroxyl groups is 1. The lowest BCUT2D eigenvalue weighted by atomic mass is 9.98. The van der Waals surface area contributed by atoms with E-state index in [-0.39, 0.29) is 57.4 Å². The summed E-state index contributed by atoms with van der Waals surface area (Å²) in [7, 11) is 0. The van der Waals surface area contributed by atoms with Crippen LogP contribution in [0.4, 0.5) is 0 Å². The van der Waals surface area contributed by atoms with Crippen LogP contribution in [0.2, 0.25) is 0 Å². The Hall–Kier alpha value is -5.25. The van der Waals surface area contributed by atoms with E-state index in [1.807, 2.05) is 0 Å². The van der Waals surface area contributed by atoms with Gasteiger partial charge in [0.2, 0.25) is 53.2 Å². The number of aliphatic hydroxyl groups excluding tert-OH is 1. The van der Waals surface area contributed by atoms with Gasteiger partial charge in [0.25, 0.3) is 0 Å². The first-order chi connectivity index (χ1) is 33.2. The molecule has 17 N–H and O–H groups in total. The third-order valence-corrected chi connectivity index (χ3v) is 12.3. The van der Waals surface area contributed by atoms with Crippen molar-refractivity contribution < 1.29 is 68.1 Å². The minimum atomic E-state index is -1.88. The van der Waals surface area contributed by atoms with Crippen molar-refractivity contribution in [1.82, 2.24) is 42.5 Å². The lowest BCUT2D eigenvalue weighted by Crippen LogP contribution is -2.61. The average molecular weight is 1050 g/mol. The van der Waals surface area contributed by atoms with Gasteiger partial charge >= 0.3 is 11.9 Å². The number of primary amides is 1. The third-order valence-electron chi connectivity index (χ3n) is 11.0. The maximum absolute atomic E-state index is 14.1. The van der Waals surface area contributed by atoms with E-state index in [2.05, 4.69) is 42.5 Å². The predicted molar refractivity (Wildman–Crippen MR) is 267 cm³/mol. The molecule has 0 bridgehead atoms. The zero-order valence-electron chi connectivity index (χ0n) is 42.0. The molecule has 0 aliphatic carbocycles. The minimum Gasteiger partial charge on any atom is -0.481 e. The summed E-state index contributed by atoms with van der Waals surface area (Å²) in [5, 5.41) is 49.5. The first-order valence-corrected chi connectivity index (χ1v) is 26.3. The van der Waals surface area contributed by atoms with Crippen LogP contribution in [0, 0.1) is 11.8 Å². The number of rotatable bonds is 37. The van der Waals surface area contributed by atoms with Crippen molar-refractivity contribution in [3.8, 4) is 0 Å². The molecular formula is C44H79N11O14S2. The Morgan fingerprint density at radius 2 is 0.944 bits per heavy atom. The molecule has 71 heavy (non-hydrogen) atoms. The van der Waals surface area contributed by atoms with Gasteiger partial charge in [0.15, 0.2) is 0 Å². The SMILES string of the molecule is CC[C@H](C)[C@H](NC(=O)[C@@H](NC(=O)[C@H](CC(=O)O)NC(=O)[C@H](CCCCN)NC(=O)[C@H](CC(C)C)NC(=O)[C@H](CCSC)NC(=O)[C@H](CCC(N)=O)NC(=O)[C@H](CCSC)NC(=O)[C@H](C)N)[C@@H](C)O)C(=O)O. The molecule has 11 atom stereocenters. The molecule has 0 aliphatic heterocycles. The van der Waals surface area contributed by atoms with Crippen LogP contribution in [0.1, 0.15) is 106 Å². The fraction of sp³-hybridized carbons (Fsp3) is 0.750. The van der Waals surface area contributed by atoms with E-state index in [0.29, 0.717) is 24.3 Å². The lowest BCUT2D eigenvalue weighted by Gasteiger charge is -2.29. The van der Waals surface area contributed by atoms with E-state index in [1.54, 1.807) is 40.2 Å². The van der Waals surface area contributed by atoms with Crippen LogP contribution in [-0.2, 0) is 52.7 Å². The van der Waals surface area contributed by atoms with Crippen molar-refractivity contribution in [3.63, 3.8) is 0 Å². The maximum Gasteiger partial charge on any atom is 0.326 e. The zero-order valence-corrected chi connectivity index (χ0v) is 43.6. The molecule has 0 aromatic rings. The number of hydrogen-bond acceptors (Lipinski definition) is 16. The van der Waals surface area contributed by atoms with Crippen molar-refractivity contribution in [2.45, 2.75) is 166 Å². The Labute approximate surface area is 423 Å². The number of carbonyl (C=O) groups excluding carboxylic acids is 9. The summed E-state index contributed by atoms with van der Waals surface area (Å²) in [6, 6.07) is -12.6. The summed E-state index contributed by atoms with van der Waals surface area (Å²) < 4.78 is 0. The van der Waals surface area contributed by atoms with Crippen molar-refractivity contribution in [2.24, 2.45) is 29.0 Å². The van der Waals surface area contributed by atoms with Crippen molar-refractivity contribution in [1.29, 1.82) is 0 Å². The second kappa shape index (κ2) is 35.0. The normalized spacial score (nSPS) is 15.8. The van der Waals surface area contributed by atoms with Crippen LogP contribution in [-0.4, -0.2) is 171 Å². The second-order valence-electron chi connectivity index (χ2n) is 17.7. The van der Waals surface area contributed by atoms with Gasteiger partial charge in [0.05, 0.1) is 18.6 Å². The van der Waals surface area contributed by atoms with E-state index < -0.39 is 138 Å². The Morgan fingerprint density at radius 1 is 0.535 bits per heavy atom. The highest BCUT2D eigenvalue weighted by Crippen LogP contribution is 2.13. The number of carbonyl (C=O) groups is 11. The molecule has 0 rings (SSSR count). The standard InChI is InChI=1S/C44H79N11O14S2/c1-9-23(4)34(44(68)69)54-43(67)35(25(6)56)55-42(66)31(21-33(58)59)53-37(61)26(12-10-11-17-45)49-41(65)30(20-22(2)3)52-40(64)29(16-19-71-8)51-38(62)27(13-14-32(47)57)50-39(63)28(15-18-70-7)48-36(60)24(5)46/h22-31,34-35,56H,9-21,45-46H2,1-8H3,(H2,47,57)(H,48,60)(H,49,65)(H,50,63)(H,51,62)(H,52,64)(H,53,61)(H,54,67)(H,55,66)(H,58,59)(H,68,69)/t23-,24-,25+,26-,27-,28-,29-,30-,31-,34-,35-/m0/s1. The molecule has 0 aliphatic rings. The molecule has 0 radical (unpaired) electrons. The number of carboxylic acid groups (broad SMARTS) is 2. The summed E-state index contributed by atoms with van der Waals surface area (Å²) >= 11 is 2.74. The van der Waals surface area contributed by atoms with Crippen LogP contribution in [0.3, 0.4) is 0 Å². The van der Waals surface area contributed by atoms with Gasteiger partial charge in [0, 0.05) is 6.42 Å². The number of nitrogens with two attached hydrogens (primary N) is 3. The van der Waals surface area contributed by atoms with Crippen molar-refractivity contribution in [2.75, 3.05) is 30.6 Å². The first kappa shape index (κ1) is 65.8. The van der Waals surface area contributed by atoms with E-state index in [4.69, 9.17) is 17.2 Å². The van der Waals surface area contributed by atoms with Gasteiger partial charge in [-0.15, -0.1) is 0 Å². The number of thioether (sulfide) groups is 2. The number of nitrogens with one attached hydrogen (secondary N) is 8. The maximum atomic E-state index is 14.1. The van der Waals surface area contributed by atoms with Crippen LogP contribution in [0.25, 0.3) is 0 Å². The van der Waals surface area contributed by atoms with Gasteiger partial charge in [-0.05, 0) is 101 Å². The minimum absolute atomic E-state index is 0.00633. The van der Waals surface area contributed by atoms with Gasteiger partial charge in [-0.1, -0.05) is 34.1 Å². The van der Waals surface area contributed by atoms with Gasteiger partial charge in [0.1, 0.15) is 48.3 Å². The quantitative estimate of drug-likeness (QED) is 0.0278. The lowest BCUT2D eigenvalue weighted by molar-refractivity contribution is -0.145. The second-order valence-corrected chi connectivity index (χ2v) is 19.6. The summed E-state index contributed by atoms with van der Waals surface area (Å²) in [5.74, 6) is -11.0. The van der Waals surface area contributed by atoms with E-state index >= 15 is 0 Å². The predicted octanol–water partition coefficient (Wildman–Crippen LogP) is -2.86. The molecule has 0 fully saturated rings. The van der Waals surface area contributed by atoms with Crippen molar-refractivity contribution in [3.05, 3.63) is 0 Å². The van der Waals surface area contributed by atoms with Crippen molar-refractivity contribution >= 4 is 88.6 Å². The number of carboxylic acids is 2. The summed E-state index contributed by atoms with van der Waals surface area (Å²) in [6.45, 7) is 9.51. The van der Waals surface area contributed by atoms with E-state index in [9.17, 15) is 68.1 Å². The average Bonchev–Trinajstić information content (AvgIpc) is 3.28. The van der Waals surface area contributed by atoms with Crippen LogP contribution in [0.15, 0.2) is 0 Å². The highest BCUT2D eigenvalue weighted by molar-refractivity contribution is 7.98. The number of unbranched alkanes of at least 4 members (excludes halogenated alkanes) is 1. The summed E-state index contributed by atoms with van der Waals surface area (Å²) in [4.78, 5) is 144. The molecule has 9 amide bonds. The molecule has 0 aromatic heterocycles. The Kier molecular flexibility index (Phi) is 32.4. The van der Waals surface area contributed by atoms with Gasteiger partial charge in [-0.2, -0.15) is 23.5 Å². The van der Waals surface area contributed by atoms with Gasteiger partial charge in [-0.25, -0.2) is 4.79 Å². The number of aliphatic carboxylic acids is 2.